The van der Waals surface area contributed by atoms with E-state index in [1.807, 2.05) is 0 Å². The number of carbonyl (C=O) groups is 1. The van der Waals surface area contributed by atoms with E-state index < -0.39 is 0 Å². The molecule has 0 unspecified atom stereocenters. The fourth-order valence-corrected chi connectivity index (χ4v) is 1.92. The summed E-state index contributed by atoms with van der Waals surface area (Å²) >= 11 is 3.26. The Labute approximate surface area is 100 Å². The van der Waals surface area contributed by atoms with E-state index >= 15 is 0 Å². The number of benzene rings is 1. The molecule has 0 bridgehead atoms. The van der Waals surface area contributed by atoms with Gasteiger partial charge in [0.15, 0.2) is 12.0 Å². The van der Waals surface area contributed by atoms with Crippen molar-refractivity contribution in [3.8, 4) is 11.3 Å². The molecular weight excluding hydrogens is 275 g/mol. The maximum absolute atomic E-state index is 13.2. The Kier molecular flexibility index (Phi) is 2.92. The van der Waals surface area contributed by atoms with Crippen molar-refractivity contribution in [2.24, 2.45) is 0 Å². The van der Waals surface area contributed by atoms with Crippen molar-refractivity contribution in [1.82, 2.24) is 0 Å². The monoisotopic (exact) mass is 282 g/mol. The Balaban J connectivity index is 2.55. The fraction of sp³-hybridized carbons (Fsp3) is 0.0833. The Morgan fingerprint density at radius 3 is 2.75 bits per heavy atom. The van der Waals surface area contributed by atoms with E-state index in [1.165, 1.54) is 6.07 Å². The van der Waals surface area contributed by atoms with Gasteiger partial charge in [-0.25, -0.2) is 4.39 Å². The molecule has 2 nitrogen and oxygen atoms in total. The first-order valence-corrected chi connectivity index (χ1v) is 5.42. The highest BCUT2D eigenvalue weighted by Crippen LogP contribution is 2.31. The Bertz CT molecular complexity index is 546. The minimum atomic E-state index is -0.280. The van der Waals surface area contributed by atoms with E-state index in [2.05, 4.69) is 15.9 Å². The number of rotatable bonds is 2. The molecule has 0 fully saturated rings. The highest BCUT2D eigenvalue weighted by atomic mass is 79.9. The largest absolute Gasteiger partial charge is 0.453 e. The van der Waals surface area contributed by atoms with Crippen LogP contribution in [0.5, 0.6) is 0 Å². The molecule has 16 heavy (non-hydrogen) atoms. The number of carbonyl (C=O) groups excluding carboxylic acids is 1. The van der Waals surface area contributed by atoms with Crippen LogP contribution in [0.15, 0.2) is 33.2 Å². The molecule has 0 aliphatic carbocycles. The fourth-order valence-electron chi connectivity index (χ4n) is 1.41. The predicted octanol–water partition coefficient (Wildman–Crippen LogP) is 3.97. The summed E-state index contributed by atoms with van der Waals surface area (Å²) in [5, 5.41) is 0. The molecule has 0 spiro atoms. The second kappa shape index (κ2) is 4.22. The predicted molar refractivity (Wildman–Crippen MR) is 61.9 cm³/mol. The first-order chi connectivity index (χ1) is 7.61. The number of hydrogen-bond donors (Lipinski definition) is 0. The lowest BCUT2D eigenvalue weighted by Gasteiger charge is -2.03. The topological polar surface area (TPSA) is 30.2 Å². The SMILES string of the molecule is Cc1cc(-c2ccc(C=O)o2)c(Br)cc1F. The molecule has 2 aromatic rings. The Morgan fingerprint density at radius 2 is 2.12 bits per heavy atom. The molecule has 0 saturated heterocycles. The van der Waals surface area contributed by atoms with Gasteiger partial charge >= 0.3 is 0 Å². The zero-order valence-electron chi connectivity index (χ0n) is 8.46. The van der Waals surface area contributed by atoms with Crippen LogP contribution in [-0.2, 0) is 0 Å². The van der Waals surface area contributed by atoms with Gasteiger partial charge in [0.25, 0.3) is 0 Å². The number of halogens is 2. The van der Waals surface area contributed by atoms with Crippen LogP contribution >= 0.6 is 15.9 Å². The van der Waals surface area contributed by atoms with Crippen LogP contribution in [0.1, 0.15) is 16.1 Å². The van der Waals surface area contributed by atoms with Gasteiger partial charge in [0.1, 0.15) is 11.6 Å². The van der Waals surface area contributed by atoms with E-state index in [1.54, 1.807) is 25.1 Å². The van der Waals surface area contributed by atoms with Crippen molar-refractivity contribution < 1.29 is 13.6 Å². The van der Waals surface area contributed by atoms with Crippen molar-refractivity contribution in [1.29, 1.82) is 0 Å². The van der Waals surface area contributed by atoms with E-state index in [9.17, 15) is 9.18 Å². The second-order valence-corrected chi connectivity index (χ2v) is 4.26. The average Bonchev–Trinajstić information content (AvgIpc) is 2.71. The summed E-state index contributed by atoms with van der Waals surface area (Å²) in [5.41, 5.74) is 1.26. The summed E-state index contributed by atoms with van der Waals surface area (Å²) < 4.78 is 19.1. The molecule has 1 aromatic heterocycles. The molecule has 0 aliphatic heterocycles. The van der Waals surface area contributed by atoms with Gasteiger partial charge in [-0.15, -0.1) is 0 Å². The van der Waals surface area contributed by atoms with Crippen molar-refractivity contribution in [3.63, 3.8) is 0 Å². The molecule has 82 valence electrons. The van der Waals surface area contributed by atoms with Gasteiger partial charge in [-0.05, 0) is 52.7 Å². The maximum Gasteiger partial charge on any atom is 0.185 e. The van der Waals surface area contributed by atoms with E-state index in [4.69, 9.17) is 4.42 Å². The summed E-state index contributed by atoms with van der Waals surface area (Å²) in [4.78, 5) is 10.5. The molecule has 1 heterocycles. The van der Waals surface area contributed by atoms with Crippen LogP contribution in [0, 0.1) is 12.7 Å². The minimum absolute atomic E-state index is 0.254. The molecule has 0 amide bonds. The van der Waals surface area contributed by atoms with Crippen LogP contribution in [0.3, 0.4) is 0 Å². The maximum atomic E-state index is 13.2. The zero-order valence-corrected chi connectivity index (χ0v) is 10.0. The van der Waals surface area contributed by atoms with E-state index in [0.717, 1.165) is 5.56 Å². The smallest absolute Gasteiger partial charge is 0.185 e. The highest BCUT2D eigenvalue weighted by molar-refractivity contribution is 9.10. The van der Waals surface area contributed by atoms with Crippen LogP contribution in [0.25, 0.3) is 11.3 Å². The standard InChI is InChI=1S/C12H8BrFO2/c1-7-4-9(10(13)5-11(7)14)12-3-2-8(6-15)16-12/h2-6H,1H3. The number of hydrogen-bond acceptors (Lipinski definition) is 2. The van der Waals surface area contributed by atoms with Gasteiger partial charge < -0.3 is 4.42 Å². The number of aryl methyl sites for hydroxylation is 1. The van der Waals surface area contributed by atoms with Gasteiger partial charge in [0.2, 0.25) is 0 Å². The lowest BCUT2D eigenvalue weighted by Crippen LogP contribution is -1.85. The molecule has 2 rings (SSSR count). The second-order valence-electron chi connectivity index (χ2n) is 3.40. The lowest BCUT2D eigenvalue weighted by molar-refractivity contribution is 0.110. The highest BCUT2D eigenvalue weighted by Gasteiger charge is 2.10. The average molecular weight is 283 g/mol. The Hall–Kier alpha value is -1.42. The lowest BCUT2D eigenvalue weighted by atomic mass is 10.1. The molecule has 0 N–H and O–H groups in total. The quantitative estimate of drug-likeness (QED) is 0.781. The van der Waals surface area contributed by atoms with Crippen molar-refractivity contribution in [3.05, 3.63) is 45.9 Å². The van der Waals surface area contributed by atoms with Crippen LogP contribution in [0.2, 0.25) is 0 Å². The van der Waals surface area contributed by atoms with E-state index in [-0.39, 0.29) is 11.6 Å². The third-order valence-corrected chi connectivity index (χ3v) is 2.91. The first kappa shape index (κ1) is 11.1. The van der Waals surface area contributed by atoms with Crippen LogP contribution in [-0.4, -0.2) is 6.29 Å². The third kappa shape index (κ3) is 1.93. The molecule has 0 saturated carbocycles. The summed E-state index contributed by atoms with van der Waals surface area (Å²) in [6.07, 6.45) is 0.633. The summed E-state index contributed by atoms with van der Waals surface area (Å²) in [5.74, 6) is 0.513. The first-order valence-electron chi connectivity index (χ1n) is 4.63. The Morgan fingerprint density at radius 1 is 1.38 bits per heavy atom. The van der Waals surface area contributed by atoms with Gasteiger partial charge in [-0.3, -0.25) is 4.79 Å². The third-order valence-electron chi connectivity index (χ3n) is 2.26. The molecule has 0 aliphatic rings. The zero-order chi connectivity index (χ0) is 11.7. The molecule has 1 aromatic carbocycles. The van der Waals surface area contributed by atoms with E-state index in [0.29, 0.717) is 22.1 Å². The summed E-state index contributed by atoms with van der Waals surface area (Å²) in [6.45, 7) is 1.68. The molecular formula is C12H8BrFO2. The number of furan rings is 1. The van der Waals surface area contributed by atoms with Crippen LogP contribution in [0.4, 0.5) is 4.39 Å². The van der Waals surface area contributed by atoms with Crippen molar-refractivity contribution in [2.75, 3.05) is 0 Å². The van der Waals surface area contributed by atoms with Gasteiger partial charge in [0.05, 0.1) is 0 Å². The van der Waals surface area contributed by atoms with Crippen LogP contribution < -0.4 is 0 Å². The number of aldehydes is 1. The van der Waals surface area contributed by atoms with Crippen molar-refractivity contribution in [2.45, 2.75) is 6.92 Å². The van der Waals surface area contributed by atoms with Gasteiger partial charge in [0, 0.05) is 10.0 Å². The van der Waals surface area contributed by atoms with Gasteiger partial charge in [-0.2, -0.15) is 0 Å². The molecule has 0 radical (unpaired) electrons. The summed E-state index contributed by atoms with van der Waals surface area (Å²) in [6, 6.07) is 6.31. The van der Waals surface area contributed by atoms with Crippen molar-refractivity contribution >= 4 is 22.2 Å². The summed E-state index contributed by atoms with van der Waals surface area (Å²) in [7, 11) is 0. The normalized spacial score (nSPS) is 10.4. The van der Waals surface area contributed by atoms with Gasteiger partial charge in [-0.1, -0.05) is 0 Å². The molecule has 4 heteroatoms. The minimum Gasteiger partial charge on any atom is -0.453 e. The molecule has 0 atom stereocenters.